The first-order valence-corrected chi connectivity index (χ1v) is 11.7. The minimum Gasteiger partial charge on any atom is -0.496 e. The molecule has 4 rings (SSSR count). The van der Waals surface area contributed by atoms with Crippen LogP contribution in [0.1, 0.15) is 33.9 Å². The van der Waals surface area contributed by atoms with Crippen molar-refractivity contribution >= 4 is 17.5 Å². The average Bonchev–Trinajstić information content (AvgIpc) is 3.36. The maximum atomic E-state index is 14.6. The van der Waals surface area contributed by atoms with Crippen LogP contribution in [0.4, 0.5) is 8.78 Å². The molecule has 0 N–H and O–H groups in total. The molecule has 192 valence electrons. The summed E-state index contributed by atoms with van der Waals surface area (Å²) < 4.78 is 39.0. The Labute approximate surface area is 213 Å². The fraction of sp³-hybridized carbons (Fsp3) is 0.250. The Morgan fingerprint density at radius 1 is 1.03 bits per heavy atom. The largest absolute Gasteiger partial charge is 0.496 e. The number of carbonyl (C=O) groups is 2. The lowest BCUT2D eigenvalue weighted by Gasteiger charge is -2.27. The maximum Gasteiger partial charge on any atom is 0.262 e. The molecule has 0 unspecified atom stereocenters. The topological polar surface area (TPSA) is 71.4 Å². The number of benzene rings is 3. The van der Waals surface area contributed by atoms with Crippen LogP contribution in [0, 0.1) is 11.6 Å². The smallest absolute Gasteiger partial charge is 0.262 e. The van der Waals surface area contributed by atoms with Crippen molar-refractivity contribution in [3.05, 3.63) is 101 Å². The molecule has 0 radical (unpaired) electrons. The van der Waals surface area contributed by atoms with E-state index in [-0.39, 0.29) is 31.7 Å². The molecule has 3 aromatic carbocycles. The van der Waals surface area contributed by atoms with Crippen LogP contribution < -0.4 is 4.74 Å². The molecular weight excluding hydrogens is 480 g/mol. The number of carbonyl (C=O) groups excluding carboxylic acids is 2. The fourth-order valence-corrected chi connectivity index (χ4v) is 4.28. The Balaban J connectivity index is 1.67. The normalized spacial score (nSPS) is 14.9. The van der Waals surface area contributed by atoms with E-state index < -0.39 is 29.5 Å². The first kappa shape index (κ1) is 26.0. The van der Waals surface area contributed by atoms with E-state index >= 15 is 0 Å². The number of amides is 2. The van der Waals surface area contributed by atoms with Gasteiger partial charge >= 0.3 is 0 Å². The molecule has 0 saturated carbocycles. The van der Waals surface area contributed by atoms with Crippen molar-refractivity contribution in [3.63, 3.8) is 0 Å². The average molecular weight is 508 g/mol. The summed E-state index contributed by atoms with van der Waals surface area (Å²) in [7, 11) is 3.01. The van der Waals surface area contributed by atoms with Crippen molar-refractivity contribution in [3.8, 4) is 5.75 Å². The molecule has 37 heavy (non-hydrogen) atoms. The van der Waals surface area contributed by atoms with Gasteiger partial charge in [0.15, 0.2) is 0 Å². The summed E-state index contributed by atoms with van der Waals surface area (Å²) in [6.45, 7) is -0.0545. The number of hydrogen-bond acceptors (Lipinski definition) is 5. The number of rotatable bonds is 9. The van der Waals surface area contributed by atoms with Crippen molar-refractivity contribution in [2.45, 2.75) is 12.5 Å². The molecule has 0 saturated heterocycles. The van der Waals surface area contributed by atoms with Gasteiger partial charge in [-0.3, -0.25) is 9.59 Å². The molecule has 0 spiro atoms. The third-order valence-electron chi connectivity index (χ3n) is 6.10. The number of hydrogen-bond donors (Lipinski definition) is 0. The lowest BCUT2D eigenvalue weighted by molar-refractivity contribution is -0.133. The van der Waals surface area contributed by atoms with Gasteiger partial charge in [0.2, 0.25) is 0 Å². The number of hydrazone groups is 1. The van der Waals surface area contributed by atoms with E-state index in [4.69, 9.17) is 9.47 Å². The summed E-state index contributed by atoms with van der Waals surface area (Å²) in [4.78, 5) is 28.1. The summed E-state index contributed by atoms with van der Waals surface area (Å²) in [6, 6.07) is 18.2. The summed E-state index contributed by atoms with van der Waals surface area (Å²) in [5, 5.41) is 5.78. The molecule has 1 heterocycles. The van der Waals surface area contributed by atoms with Gasteiger partial charge in [-0.1, -0.05) is 42.5 Å². The van der Waals surface area contributed by atoms with Crippen molar-refractivity contribution in [2.24, 2.45) is 5.10 Å². The molecule has 7 nitrogen and oxygen atoms in total. The van der Waals surface area contributed by atoms with Gasteiger partial charge in [0.25, 0.3) is 11.8 Å². The van der Waals surface area contributed by atoms with Crippen LogP contribution in [0.2, 0.25) is 0 Å². The van der Waals surface area contributed by atoms with Gasteiger partial charge < -0.3 is 14.4 Å². The van der Waals surface area contributed by atoms with E-state index in [1.54, 1.807) is 24.3 Å². The summed E-state index contributed by atoms with van der Waals surface area (Å²) in [5.41, 5.74) is 1.52. The molecule has 0 bridgehead atoms. The Kier molecular flexibility index (Phi) is 8.25. The molecule has 3 aromatic rings. The van der Waals surface area contributed by atoms with E-state index in [0.717, 1.165) is 6.07 Å². The highest BCUT2D eigenvalue weighted by Gasteiger charge is 2.36. The van der Waals surface area contributed by atoms with Crippen molar-refractivity contribution < 1.29 is 27.8 Å². The SMILES string of the molecule is COCCN(CC(=O)N1N=C(c2ccccc2F)C[C@@H]1c1ccccc1OC)C(=O)c1cccc(F)c1. The van der Waals surface area contributed by atoms with Gasteiger partial charge in [0, 0.05) is 36.8 Å². The predicted molar refractivity (Wildman–Crippen MR) is 134 cm³/mol. The van der Waals surface area contributed by atoms with Crippen LogP contribution >= 0.6 is 0 Å². The fourth-order valence-electron chi connectivity index (χ4n) is 4.28. The number of ether oxygens (including phenoxy) is 2. The second-order valence-electron chi connectivity index (χ2n) is 8.46. The first-order valence-electron chi connectivity index (χ1n) is 11.7. The van der Waals surface area contributed by atoms with Crippen molar-refractivity contribution in [2.75, 3.05) is 33.9 Å². The standard InChI is InChI=1S/C28H27F2N3O4/c1-36-15-14-32(28(35)19-8-7-9-20(29)16-19)18-27(34)33-25(22-11-4-6-13-26(22)37-2)17-24(31-33)21-10-3-5-12-23(21)30/h3-13,16,25H,14-15,17-18H2,1-2H3/t25-/m1/s1. The highest BCUT2D eigenvalue weighted by molar-refractivity contribution is 6.04. The van der Waals surface area contributed by atoms with Crippen LogP contribution in [-0.4, -0.2) is 61.4 Å². The maximum absolute atomic E-state index is 14.6. The van der Waals surface area contributed by atoms with E-state index in [0.29, 0.717) is 22.6 Å². The van der Waals surface area contributed by atoms with Crippen LogP contribution in [0.3, 0.4) is 0 Å². The molecule has 0 aliphatic carbocycles. The van der Waals surface area contributed by atoms with E-state index in [1.165, 1.54) is 48.4 Å². The Morgan fingerprint density at radius 2 is 1.78 bits per heavy atom. The molecule has 1 atom stereocenters. The van der Waals surface area contributed by atoms with Gasteiger partial charge in [0.1, 0.15) is 23.9 Å². The van der Waals surface area contributed by atoms with Gasteiger partial charge in [0.05, 0.1) is 25.5 Å². The van der Waals surface area contributed by atoms with E-state index in [9.17, 15) is 18.4 Å². The van der Waals surface area contributed by atoms with Crippen molar-refractivity contribution in [1.82, 2.24) is 9.91 Å². The molecule has 1 aliphatic rings. The summed E-state index contributed by atoms with van der Waals surface area (Å²) in [6.07, 6.45) is 0.253. The summed E-state index contributed by atoms with van der Waals surface area (Å²) in [5.74, 6) is -1.45. The van der Waals surface area contributed by atoms with Gasteiger partial charge in [-0.05, 0) is 30.3 Å². The quantitative estimate of drug-likeness (QED) is 0.429. The molecule has 2 amide bonds. The number of nitrogens with zero attached hydrogens (tertiary/aromatic N) is 3. The Hall–Kier alpha value is -4.11. The molecular formula is C28H27F2N3O4. The first-order chi connectivity index (χ1) is 17.9. The van der Waals surface area contributed by atoms with Gasteiger partial charge in [-0.25, -0.2) is 13.8 Å². The van der Waals surface area contributed by atoms with E-state index in [1.807, 2.05) is 18.2 Å². The van der Waals surface area contributed by atoms with Crippen LogP contribution in [0.25, 0.3) is 0 Å². The number of para-hydroxylation sites is 1. The molecule has 0 aromatic heterocycles. The van der Waals surface area contributed by atoms with Crippen LogP contribution in [-0.2, 0) is 9.53 Å². The van der Waals surface area contributed by atoms with E-state index in [2.05, 4.69) is 5.10 Å². The minimum absolute atomic E-state index is 0.106. The second-order valence-corrected chi connectivity index (χ2v) is 8.46. The summed E-state index contributed by atoms with van der Waals surface area (Å²) >= 11 is 0. The lowest BCUT2D eigenvalue weighted by Crippen LogP contribution is -2.42. The van der Waals surface area contributed by atoms with Crippen LogP contribution in [0.15, 0.2) is 77.9 Å². The minimum atomic E-state index is -0.577. The predicted octanol–water partition coefficient (Wildman–Crippen LogP) is 4.44. The third-order valence-corrected chi connectivity index (χ3v) is 6.10. The molecule has 1 aliphatic heterocycles. The lowest BCUT2D eigenvalue weighted by atomic mass is 9.97. The zero-order chi connectivity index (χ0) is 26.4. The van der Waals surface area contributed by atoms with Crippen LogP contribution in [0.5, 0.6) is 5.75 Å². The third kappa shape index (κ3) is 5.83. The highest BCUT2D eigenvalue weighted by Crippen LogP contribution is 2.37. The monoisotopic (exact) mass is 507 g/mol. The van der Waals surface area contributed by atoms with Crippen molar-refractivity contribution in [1.29, 1.82) is 0 Å². The van der Waals surface area contributed by atoms with Gasteiger partial charge in [-0.2, -0.15) is 5.10 Å². The number of halogens is 2. The second kappa shape index (κ2) is 11.7. The zero-order valence-electron chi connectivity index (χ0n) is 20.6. The Bertz CT molecular complexity index is 1310. The zero-order valence-corrected chi connectivity index (χ0v) is 20.6. The molecule has 9 heteroatoms. The van der Waals surface area contributed by atoms with Gasteiger partial charge in [-0.15, -0.1) is 0 Å². The Morgan fingerprint density at radius 3 is 2.51 bits per heavy atom. The molecule has 0 fully saturated rings. The highest BCUT2D eigenvalue weighted by atomic mass is 19.1. The number of methoxy groups -OCH3 is 2.